The number of hydrogen-bond donors (Lipinski definition) is 1. The molecule has 0 saturated carbocycles. The van der Waals surface area contributed by atoms with E-state index in [9.17, 15) is 0 Å². The quantitative estimate of drug-likeness (QED) is 0.843. The molecule has 0 unspecified atom stereocenters. The van der Waals surface area contributed by atoms with E-state index in [1.165, 1.54) is 18.4 Å². The predicted molar refractivity (Wildman–Crippen MR) is 69.9 cm³/mol. The van der Waals surface area contributed by atoms with Crippen LogP contribution in [0.2, 0.25) is 5.02 Å². The highest BCUT2D eigenvalue weighted by Crippen LogP contribution is 2.33. The van der Waals surface area contributed by atoms with Gasteiger partial charge in [0.05, 0.1) is 6.61 Å². The Kier molecular flexibility index (Phi) is 4.40. The van der Waals surface area contributed by atoms with Gasteiger partial charge in [0, 0.05) is 5.02 Å². The van der Waals surface area contributed by atoms with Crippen molar-refractivity contribution in [1.82, 2.24) is 4.90 Å². The van der Waals surface area contributed by atoms with Crippen molar-refractivity contribution in [1.29, 1.82) is 0 Å². The molecular weight excluding hydrogens is 236 g/mol. The van der Waals surface area contributed by atoms with Crippen molar-refractivity contribution in [3.05, 3.63) is 34.3 Å². The molecule has 0 atom stereocenters. The SMILES string of the molecule is CN1CCC(c2ccc(CON)cc2Cl)CC1. The fraction of sp³-hybridized carbons (Fsp3) is 0.538. The molecule has 1 saturated heterocycles. The summed E-state index contributed by atoms with van der Waals surface area (Å²) in [6, 6.07) is 6.13. The van der Waals surface area contributed by atoms with Gasteiger partial charge >= 0.3 is 0 Å². The Morgan fingerprint density at radius 1 is 1.41 bits per heavy atom. The highest BCUT2D eigenvalue weighted by molar-refractivity contribution is 6.31. The van der Waals surface area contributed by atoms with E-state index in [0.717, 1.165) is 23.7 Å². The summed E-state index contributed by atoms with van der Waals surface area (Å²) in [5, 5.41) is 0.842. The Balaban J connectivity index is 2.10. The van der Waals surface area contributed by atoms with E-state index in [0.29, 0.717) is 12.5 Å². The molecule has 2 rings (SSSR count). The molecule has 1 fully saturated rings. The normalized spacial score (nSPS) is 18.5. The number of halogens is 1. The largest absolute Gasteiger partial charge is 0.306 e. The molecule has 4 heteroatoms. The number of nitrogens with zero attached hydrogens (tertiary/aromatic N) is 1. The van der Waals surface area contributed by atoms with Gasteiger partial charge in [0.25, 0.3) is 0 Å². The summed E-state index contributed by atoms with van der Waals surface area (Å²) in [6.45, 7) is 2.71. The van der Waals surface area contributed by atoms with E-state index >= 15 is 0 Å². The van der Waals surface area contributed by atoms with Gasteiger partial charge in [0.15, 0.2) is 0 Å². The minimum Gasteiger partial charge on any atom is -0.306 e. The molecule has 3 nitrogen and oxygen atoms in total. The number of hydrogen-bond acceptors (Lipinski definition) is 3. The zero-order valence-electron chi connectivity index (χ0n) is 10.2. The van der Waals surface area contributed by atoms with Gasteiger partial charge in [0.1, 0.15) is 0 Å². The molecular formula is C13H19ClN2O. The van der Waals surface area contributed by atoms with Crippen LogP contribution in [0.15, 0.2) is 18.2 Å². The highest BCUT2D eigenvalue weighted by Gasteiger charge is 2.20. The van der Waals surface area contributed by atoms with Crippen molar-refractivity contribution in [3.63, 3.8) is 0 Å². The van der Waals surface area contributed by atoms with Crippen LogP contribution in [0.1, 0.15) is 29.9 Å². The summed E-state index contributed by atoms with van der Waals surface area (Å²) in [4.78, 5) is 6.98. The number of nitrogens with two attached hydrogens (primary N) is 1. The van der Waals surface area contributed by atoms with Crippen LogP contribution in [0.4, 0.5) is 0 Å². The van der Waals surface area contributed by atoms with E-state index in [4.69, 9.17) is 17.5 Å². The summed E-state index contributed by atoms with van der Waals surface area (Å²) in [5.41, 5.74) is 2.29. The van der Waals surface area contributed by atoms with Crippen LogP contribution in [0.25, 0.3) is 0 Å². The smallest absolute Gasteiger partial charge is 0.0930 e. The van der Waals surface area contributed by atoms with Crippen LogP contribution in [-0.2, 0) is 11.4 Å². The standard InChI is InChI=1S/C13H19ClN2O/c1-16-6-4-11(5-7-16)12-3-2-10(9-17-15)8-13(12)14/h2-3,8,11H,4-7,9,15H2,1H3. The maximum Gasteiger partial charge on any atom is 0.0930 e. The number of benzene rings is 1. The third-order valence-electron chi connectivity index (χ3n) is 3.47. The fourth-order valence-electron chi connectivity index (χ4n) is 2.41. The second-order valence-electron chi connectivity index (χ2n) is 4.74. The second kappa shape index (κ2) is 5.83. The molecule has 1 aromatic rings. The molecule has 1 heterocycles. The molecule has 0 aromatic heterocycles. The molecule has 17 heavy (non-hydrogen) atoms. The lowest BCUT2D eigenvalue weighted by molar-refractivity contribution is 0.124. The molecule has 94 valence electrons. The molecule has 0 radical (unpaired) electrons. The molecule has 0 aliphatic carbocycles. The minimum atomic E-state index is 0.410. The molecule has 1 aliphatic heterocycles. The number of rotatable bonds is 3. The van der Waals surface area contributed by atoms with Gasteiger partial charge in [-0.15, -0.1) is 0 Å². The zero-order valence-corrected chi connectivity index (χ0v) is 10.9. The van der Waals surface area contributed by atoms with E-state index in [2.05, 4.69) is 22.9 Å². The molecule has 0 spiro atoms. The van der Waals surface area contributed by atoms with Crippen LogP contribution in [0.3, 0.4) is 0 Å². The van der Waals surface area contributed by atoms with E-state index in [1.54, 1.807) is 0 Å². The molecule has 1 aromatic carbocycles. The van der Waals surface area contributed by atoms with Gasteiger partial charge in [-0.25, -0.2) is 5.90 Å². The van der Waals surface area contributed by atoms with E-state index in [1.807, 2.05) is 12.1 Å². The van der Waals surface area contributed by atoms with Gasteiger partial charge < -0.3 is 4.90 Å². The topological polar surface area (TPSA) is 38.5 Å². The monoisotopic (exact) mass is 254 g/mol. The van der Waals surface area contributed by atoms with Crippen LogP contribution in [0.5, 0.6) is 0 Å². The summed E-state index contributed by atoms with van der Waals surface area (Å²) in [6.07, 6.45) is 2.37. The van der Waals surface area contributed by atoms with Crippen molar-refractivity contribution in [2.75, 3.05) is 20.1 Å². The minimum absolute atomic E-state index is 0.410. The predicted octanol–water partition coefficient (Wildman–Crippen LogP) is 2.54. The fourth-order valence-corrected chi connectivity index (χ4v) is 2.76. The average molecular weight is 255 g/mol. The lowest BCUT2D eigenvalue weighted by Crippen LogP contribution is -2.29. The Morgan fingerprint density at radius 2 is 2.12 bits per heavy atom. The van der Waals surface area contributed by atoms with Gasteiger partial charge in [-0.05, 0) is 56.1 Å². The van der Waals surface area contributed by atoms with Gasteiger partial charge in [-0.3, -0.25) is 4.84 Å². The first-order valence-corrected chi connectivity index (χ1v) is 6.37. The lowest BCUT2D eigenvalue weighted by atomic mass is 9.89. The first kappa shape index (κ1) is 12.8. The first-order chi connectivity index (χ1) is 8.20. The van der Waals surface area contributed by atoms with Gasteiger partial charge in [-0.2, -0.15) is 0 Å². The lowest BCUT2D eigenvalue weighted by Gasteiger charge is -2.29. The highest BCUT2D eigenvalue weighted by atomic mass is 35.5. The van der Waals surface area contributed by atoms with Crippen LogP contribution >= 0.6 is 11.6 Å². The van der Waals surface area contributed by atoms with Crippen LogP contribution < -0.4 is 5.90 Å². The molecule has 0 bridgehead atoms. The maximum absolute atomic E-state index is 6.32. The van der Waals surface area contributed by atoms with Crippen molar-refractivity contribution >= 4 is 11.6 Å². The Morgan fingerprint density at radius 3 is 2.71 bits per heavy atom. The summed E-state index contributed by atoms with van der Waals surface area (Å²) >= 11 is 6.32. The third kappa shape index (κ3) is 3.19. The number of likely N-dealkylation sites (tertiary alicyclic amines) is 1. The van der Waals surface area contributed by atoms with Crippen LogP contribution in [-0.4, -0.2) is 25.0 Å². The summed E-state index contributed by atoms with van der Waals surface area (Å²) in [7, 11) is 2.17. The first-order valence-electron chi connectivity index (χ1n) is 5.99. The second-order valence-corrected chi connectivity index (χ2v) is 5.15. The molecule has 0 amide bonds. The Labute approximate surface area is 107 Å². The zero-order chi connectivity index (χ0) is 12.3. The van der Waals surface area contributed by atoms with Crippen molar-refractivity contribution in [2.45, 2.75) is 25.4 Å². The van der Waals surface area contributed by atoms with Crippen molar-refractivity contribution in [3.8, 4) is 0 Å². The van der Waals surface area contributed by atoms with Crippen molar-refractivity contribution in [2.24, 2.45) is 5.90 Å². The third-order valence-corrected chi connectivity index (χ3v) is 3.80. The average Bonchev–Trinajstić information content (AvgIpc) is 2.31. The molecule has 2 N–H and O–H groups in total. The van der Waals surface area contributed by atoms with Gasteiger partial charge in [0.2, 0.25) is 0 Å². The van der Waals surface area contributed by atoms with E-state index in [-0.39, 0.29) is 0 Å². The Bertz CT molecular complexity index is 376. The van der Waals surface area contributed by atoms with Gasteiger partial charge in [-0.1, -0.05) is 23.7 Å². The summed E-state index contributed by atoms with van der Waals surface area (Å²) < 4.78 is 0. The molecule has 1 aliphatic rings. The van der Waals surface area contributed by atoms with Crippen molar-refractivity contribution < 1.29 is 4.84 Å². The maximum atomic E-state index is 6.32. The summed E-state index contributed by atoms with van der Waals surface area (Å²) in [5.74, 6) is 5.65. The van der Waals surface area contributed by atoms with Crippen LogP contribution in [0, 0.1) is 0 Å². The Hall–Kier alpha value is -0.610. The number of piperidine rings is 1. The van der Waals surface area contributed by atoms with E-state index < -0.39 is 0 Å².